The van der Waals surface area contributed by atoms with E-state index in [2.05, 4.69) is 0 Å². The van der Waals surface area contributed by atoms with E-state index in [4.69, 9.17) is 0 Å². The van der Waals surface area contributed by atoms with Crippen LogP contribution >= 0.6 is 0 Å². The molecule has 0 radical (unpaired) electrons. The fraction of sp³-hybridized carbons (Fsp3) is 1.00. The van der Waals surface area contributed by atoms with Crippen molar-refractivity contribution in [3.63, 3.8) is 0 Å². The Balaban J connectivity index is 0. The largest absolute Gasteiger partial charge is 1.00 e. The first kappa shape index (κ1) is 155000. The van der Waals surface area contributed by atoms with Crippen molar-refractivity contribution in [1.29, 1.82) is 0 Å². The van der Waals surface area contributed by atoms with E-state index >= 15 is 0 Å². The quantitative estimate of drug-likeness (QED) is 0.467. The predicted molar refractivity (Wildman–Crippen MR) is 50.7 cm³/mol. The topological polar surface area (TPSA) is 31.5 Å². The molecule has 0 aromatic heterocycles. The van der Waals surface area contributed by atoms with Gasteiger partial charge in [-0.05, 0) is 0 Å². The SMILES string of the molecule is C.C.C.C.C.C.O.[H+].[H+].[H+].[H+].[H+].[H+]. The van der Waals surface area contributed by atoms with Crippen LogP contribution in [0.25, 0.3) is 0 Å². The average molecular weight is 120 g/mol. The highest BCUT2D eigenvalue weighted by atomic mass is 16.0. The second kappa shape index (κ2) is 91600. The van der Waals surface area contributed by atoms with Gasteiger partial charge in [0, 0.05) is 0 Å². The van der Waals surface area contributed by atoms with Crippen molar-refractivity contribution >= 4 is 0 Å². The lowest BCUT2D eigenvalue weighted by Gasteiger charge is -0.412. The Morgan fingerprint density at radius 2 is 0.429 bits per heavy atom. The molecule has 0 aromatic rings. The molecule has 0 heterocycles. The van der Waals surface area contributed by atoms with E-state index in [9.17, 15) is 0 Å². The van der Waals surface area contributed by atoms with Crippen molar-refractivity contribution in [2.75, 3.05) is 0 Å². The van der Waals surface area contributed by atoms with Gasteiger partial charge in [-0.25, -0.2) is 0 Å². The molecule has 0 aliphatic carbocycles. The predicted octanol–water partition coefficient (Wildman–Crippen LogP) is 3.67. The molecular weight excluding hydrogens is 88.1 g/mol. The van der Waals surface area contributed by atoms with Crippen LogP contribution < -0.4 is 0 Å². The molecule has 1 heteroatoms. The number of hydrogen-bond donors (Lipinski definition) is 0. The minimum absolute atomic E-state index is 0. The van der Waals surface area contributed by atoms with Crippen molar-refractivity contribution in [2.24, 2.45) is 0 Å². The Bertz CT molecular complexity index is 17.1. The van der Waals surface area contributed by atoms with Crippen molar-refractivity contribution < 1.29 is 14.0 Å². The van der Waals surface area contributed by atoms with Crippen LogP contribution in [0, 0.1) is 0 Å². The molecule has 0 saturated heterocycles. The first-order valence-electron chi connectivity index (χ1n) is 0. The Kier molecular flexibility index (Phi) is 2020000000. The van der Waals surface area contributed by atoms with Crippen molar-refractivity contribution in [3.05, 3.63) is 0 Å². The molecule has 0 saturated carbocycles. The summed E-state index contributed by atoms with van der Waals surface area (Å²) in [7, 11) is 0. The lowest BCUT2D eigenvalue weighted by molar-refractivity contribution is 0.824. The van der Waals surface area contributed by atoms with E-state index in [1.54, 1.807) is 0 Å². The molecule has 0 aromatic carbocycles. The zero-order valence-corrected chi connectivity index (χ0v) is 0.500. The normalized spacial score (nSPS) is 0. The molecule has 0 amide bonds. The van der Waals surface area contributed by atoms with Gasteiger partial charge in [0.05, 0.1) is 0 Å². The summed E-state index contributed by atoms with van der Waals surface area (Å²) in [6.07, 6.45) is 0. The summed E-state index contributed by atoms with van der Waals surface area (Å²) < 4.78 is 0. The lowest BCUT2D eigenvalue weighted by atomic mass is 12.0. The monoisotopic (exact) mass is 120 g/mol. The van der Waals surface area contributed by atoms with Gasteiger partial charge in [-0.1, -0.05) is 44.6 Å². The minimum Gasteiger partial charge on any atom is -0.412 e. The summed E-state index contributed by atoms with van der Waals surface area (Å²) >= 11 is 0. The summed E-state index contributed by atoms with van der Waals surface area (Å²) in [5.41, 5.74) is 0. The summed E-state index contributed by atoms with van der Waals surface area (Å²) in [6, 6.07) is 0. The van der Waals surface area contributed by atoms with Gasteiger partial charge in [0.1, 0.15) is 0 Å². The Morgan fingerprint density at radius 1 is 0.429 bits per heavy atom. The summed E-state index contributed by atoms with van der Waals surface area (Å²) in [5, 5.41) is 0. The van der Waals surface area contributed by atoms with Gasteiger partial charge in [0.15, 0.2) is 0 Å². The average Bonchev–Trinajstić information content (AvgIpc) is 0. The van der Waals surface area contributed by atoms with Crippen LogP contribution in [-0.2, 0) is 0 Å². The van der Waals surface area contributed by atoms with E-state index in [1.165, 1.54) is 0 Å². The Labute approximate surface area is 60.0 Å². The highest BCUT2D eigenvalue weighted by molar-refractivity contribution is 2.51. The number of rotatable bonds is 0. The molecule has 0 aliphatic rings. The third kappa shape index (κ3) is 58400. The van der Waals surface area contributed by atoms with Gasteiger partial charge in [-0.2, -0.15) is 0 Å². The zero-order valence-electron chi connectivity index (χ0n) is 6.50. The zero-order chi connectivity index (χ0) is 0. The maximum atomic E-state index is 0. The van der Waals surface area contributed by atoms with Gasteiger partial charge >= 0.3 is 8.56 Å². The Hall–Kier alpha value is -0.0400. The standard InChI is InChI=1S/6CH4.H2O/h6*1H4;1H2/p+6. The van der Waals surface area contributed by atoms with E-state index in [1.807, 2.05) is 0 Å². The summed E-state index contributed by atoms with van der Waals surface area (Å²) in [6.45, 7) is 0. The molecule has 56 valence electrons. The summed E-state index contributed by atoms with van der Waals surface area (Å²) in [5.74, 6) is 0. The van der Waals surface area contributed by atoms with Crippen LogP contribution in [0.4, 0.5) is 0 Å². The molecule has 0 unspecified atom stereocenters. The molecule has 2 N–H and O–H groups in total. The van der Waals surface area contributed by atoms with Crippen LogP contribution in [0.3, 0.4) is 0 Å². The van der Waals surface area contributed by atoms with E-state index in [-0.39, 0.29) is 58.6 Å². The highest BCUT2D eigenvalue weighted by Gasteiger charge is -0.0725. The van der Waals surface area contributed by atoms with E-state index < -0.39 is 0 Å². The highest BCUT2D eigenvalue weighted by Crippen LogP contribution is 0.149. The number of hydrogen-bond acceptors (Lipinski definition) is 0. The van der Waals surface area contributed by atoms with Crippen LogP contribution in [0.15, 0.2) is 0 Å². The fourth-order valence-corrected chi connectivity index (χ4v) is 0. The second-order valence-corrected chi connectivity index (χ2v) is 0. The summed E-state index contributed by atoms with van der Waals surface area (Å²) in [4.78, 5) is 0. The van der Waals surface area contributed by atoms with Gasteiger partial charge in [-0.15, -0.1) is 0 Å². The molecule has 0 fully saturated rings. The first-order valence-corrected chi connectivity index (χ1v) is 0. The maximum Gasteiger partial charge on any atom is 1.00 e. The van der Waals surface area contributed by atoms with E-state index in [0.29, 0.717) is 0 Å². The molecule has 0 bridgehead atoms. The maximum absolute atomic E-state index is 0. The van der Waals surface area contributed by atoms with Gasteiger partial charge in [-0.3, -0.25) is 0 Å². The van der Waals surface area contributed by atoms with Gasteiger partial charge in [0.25, 0.3) is 0 Å². The first-order chi connectivity index (χ1) is 0. The van der Waals surface area contributed by atoms with Crippen LogP contribution in [-0.4, -0.2) is 5.48 Å². The third-order valence-electron chi connectivity index (χ3n) is 0. The molecular formula is C6H32O+6. The van der Waals surface area contributed by atoms with Crippen LogP contribution in [0.2, 0.25) is 0 Å². The van der Waals surface area contributed by atoms with Gasteiger partial charge in [0.2, 0.25) is 0 Å². The lowest BCUT2D eigenvalue weighted by Crippen LogP contribution is -0.289. The minimum atomic E-state index is 0. The third-order valence-corrected chi connectivity index (χ3v) is 0. The van der Waals surface area contributed by atoms with E-state index in [0.717, 1.165) is 0 Å². The second-order valence-electron chi connectivity index (χ2n) is 0. The van der Waals surface area contributed by atoms with Crippen LogP contribution in [0.1, 0.15) is 53.1 Å². The molecule has 0 spiro atoms. The van der Waals surface area contributed by atoms with Crippen molar-refractivity contribution in [1.82, 2.24) is 0 Å². The fourth-order valence-electron chi connectivity index (χ4n) is 0. The van der Waals surface area contributed by atoms with Crippen molar-refractivity contribution in [2.45, 2.75) is 44.6 Å². The van der Waals surface area contributed by atoms with Crippen molar-refractivity contribution in [3.8, 4) is 0 Å². The van der Waals surface area contributed by atoms with Gasteiger partial charge < -0.3 is 5.48 Å². The van der Waals surface area contributed by atoms with Crippen LogP contribution in [0.5, 0.6) is 0 Å². The molecule has 0 rings (SSSR count). The molecule has 0 aliphatic heterocycles. The molecule has 0 atom stereocenters. The Morgan fingerprint density at radius 3 is 0.429 bits per heavy atom. The molecule has 7 heavy (non-hydrogen) atoms. The molecule has 1 nitrogen and oxygen atoms in total. The smallest absolute Gasteiger partial charge is 0.412 e.